The smallest absolute Gasteiger partial charge is 0.0127 e. The molecule has 0 fully saturated rings. The second-order valence-electron chi connectivity index (χ2n) is 3.07. The minimum atomic E-state index is -1.85. The molecule has 3 heteroatoms. The first-order valence-electron chi connectivity index (χ1n) is 4.22. The van der Waals surface area contributed by atoms with Crippen LogP contribution in [0.2, 0.25) is 0 Å². The molecule has 68 valence electrons. The van der Waals surface area contributed by atoms with Crippen LogP contribution in [0.4, 0.5) is 0 Å². The molecule has 0 aliphatic carbocycles. The first-order valence-corrected chi connectivity index (χ1v) is 5.47. The molecule has 0 saturated heterocycles. The summed E-state index contributed by atoms with van der Waals surface area (Å²) in [6.45, 7) is 4.14. The Morgan fingerprint density at radius 2 is 2.09 bits per heavy atom. The van der Waals surface area contributed by atoms with Gasteiger partial charge in [-0.15, -0.1) is 0 Å². The topological polar surface area (TPSA) is 40.1 Å². The SMILES string of the molecule is CCCCCC(C)CS(=O)[O-]. The van der Waals surface area contributed by atoms with Crippen LogP contribution >= 0.6 is 0 Å². The van der Waals surface area contributed by atoms with Crippen LogP contribution in [0, 0.1) is 5.92 Å². The maximum atomic E-state index is 10.2. The standard InChI is InChI=1S/C8H18O2S/c1-3-4-5-6-8(2)7-11(9)10/h8H,3-7H2,1-2H3,(H,9,10)/p-1. The monoisotopic (exact) mass is 177 g/mol. The number of hydrogen-bond donors (Lipinski definition) is 0. The molecule has 0 saturated carbocycles. The second kappa shape index (κ2) is 6.80. The van der Waals surface area contributed by atoms with Gasteiger partial charge < -0.3 is 4.55 Å². The molecule has 0 aliphatic rings. The molecule has 2 nitrogen and oxygen atoms in total. The van der Waals surface area contributed by atoms with Gasteiger partial charge in [-0.2, -0.15) is 0 Å². The van der Waals surface area contributed by atoms with Crippen LogP contribution in [0.25, 0.3) is 0 Å². The maximum absolute atomic E-state index is 10.2. The Labute approximate surface area is 71.7 Å². The molecule has 0 N–H and O–H groups in total. The summed E-state index contributed by atoms with van der Waals surface area (Å²) >= 11 is -1.85. The number of unbranched alkanes of at least 4 members (excludes halogenated alkanes) is 2. The summed E-state index contributed by atoms with van der Waals surface area (Å²) in [6.07, 6.45) is 4.62. The zero-order chi connectivity index (χ0) is 8.69. The Hall–Kier alpha value is 0.110. The molecular formula is C8H17O2S-. The largest absolute Gasteiger partial charge is 0.772 e. The van der Waals surface area contributed by atoms with Gasteiger partial charge in [-0.25, -0.2) is 0 Å². The van der Waals surface area contributed by atoms with Gasteiger partial charge in [-0.3, -0.25) is 4.21 Å². The van der Waals surface area contributed by atoms with Gasteiger partial charge in [0.1, 0.15) is 0 Å². The van der Waals surface area contributed by atoms with Crippen LogP contribution in [0.5, 0.6) is 0 Å². The third-order valence-corrected chi connectivity index (χ3v) is 2.56. The fraction of sp³-hybridized carbons (Fsp3) is 1.00. The van der Waals surface area contributed by atoms with Crippen LogP contribution in [0.15, 0.2) is 0 Å². The van der Waals surface area contributed by atoms with E-state index in [1.165, 1.54) is 12.8 Å². The van der Waals surface area contributed by atoms with Crippen molar-refractivity contribution in [3.8, 4) is 0 Å². The van der Waals surface area contributed by atoms with Crippen molar-refractivity contribution in [2.75, 3.05) is 5.75 Å². The minimum Gasteiger partial charge on any atom is -0.772 e. The highest BCUT2D eigenvalue weighted by molar-refractivity contribution is 7.79. The highest BCUT2D eigenvalue weighted by Crippen LogP contribution is 2.09. The van der Waals surface area contributed by atoms with E-state index < -0.39 is 11.1 Å². The summed E-state index contributed by atoms with van der Waals surface area (Å²) < 4.78 is 20.5. The molecule has 0 aromatic heterocycles. The normalized spacial score (nSPS) is 16.3. The van der Waals surface area contributed by atoms with Gasteiger partial charge >= 0.3 is 0 Å². The van der Waals surface area contributed by atoms with E-state index in [-0.39, 0.29) is 0 Å². The van der Waals surface area contributed by atoms with Gasteiger partial charge in [-0.05, 0) is 12.3 Å². The van der Waals surface area contributed by atoms with E-state index in [0.717, 1.165) is 12.8 Å². The fourth-order valence-corrected chi connectivity index (χ4v) is 1.69. The number of rotatable bonds is 6. The van der Waals surface area contributed by atoms with E-state index in [4.69, 9.17) is 0 Å². The average molecular weight is 177 g/mol. The van der Waals surface area contributed by atoms with Crippen molar-refractivity contribution in [3.63, 3.8) is 0 Å². The van der Waals surface area contributed by atoms with Crippen molar-refractivity contribution >= 4 is 11.1 Å². The molecule has 0 rings (SSSR count). The molecule has 11 heavy (non-hydrogen) atoms. The molecule has 2 unspecified atom stereocenters. The molecule has 0 aliphatic heterocycles. The first-order chi connectivity index (χ1) is 5.16. The van der Waals surface area contributed by atoms with Crippen LogP contribution in [-0.2, 0) is 11.1 Å². The van der Waals surface area contributed by atoms with Crippen LogP contribution in [0.1, 0.15) is 39.5 Å². The van der Waals surface area contributed by atoms with Gasteiger partial charge in [0.15, 0.2) is 0 Å². The third-order valence-electron chi connectivity index (χ3n) is 1.72. The average Bonchev–Trinajstić information content (AvgIpc) is 1.86. The Kier molecular flexibility index (Phi) is 6.87. The number of hydrogen-bond acceptors (Lipinski definition) is 2. The zero-order valence-corrected chi connectivity index (χ0v) is 8.15. The zero-order valence-electron chi connectivity index (χ0n) is 7.34. The fourth-order valence-electron chi connectivity index (χ4n) is 1.06. The van der Waals surface area contributed by atoms with Gasteiger partial charge in [0.25, 0.3) is 0 Å². The quantitative estimate of drug-likeness (QED) is 0.460. The molecule has 0 heterocycles. The summed E-state index contributed by atoms with van der Waals surface area (Å²) in [4.78, 5) is 0. The molecule has 0 spiro atoms. The van der Waals surface area contributed by atoms with Crippen LogP contribution < -0.4 is 0 Å². The van der Waals surface area contributed by atoms with Crippen molar-refractivity contribution in [2.45, 2.75) is 39.5 Å². The van der Waals surface area contributed by atoms with Crippen molar-refractivity contribution < 1.29 is 8.76 Å². The highest BCUT2D eigenvalue weighted by Gasteiger charge is 2.00. The molecule has 2 atom stereocenters. The van der Waals surface area contributed by atoms with E-state index in [1.54, 1.807) is 0 Å². The Bertz CT molecular complexity index is 115. The predicted octanol–water partition coefficient (Wildman–Crippen LogP) is 2.08. The van der Waals surface area contributed by atoms with Crippen LogP contribution in [0.3, 0.4) is 0 Å². The summed E-state index contributed by atoms with van der Waals surface area (Å²) in [5.74, 6) is 0.656. The lowest BCUT2D eigenvalue weighted by molar-refractivity contribution is 0.496. The first kappa shape index (κ1) is 11.1. The van der Waals surface area contributed by atoms with Gasteiger partial charge in [0.2, 0.25) is 0 Å². The lowest BCUT2D eigenvalue weighted by Crippen LogP contribution is -2.06. The second-order valence-corrected chi connectivity index (χ2v) is 4.01. The van der Waals surface area contributed by atoms with E-state index in [0.29, 0.717) is 11.7 Å². The van der Waals surface area contributed by atoms with E-state index in [1.807, 2.05) is 6.92 Å². The van der Waals surface area contributed by atoms with Crippen molar-refractivity contribution in [2.24, 2.45) is 5.92 Å². The van der Waals surface area contributed by atoms with Crippen molar-refractivity contribution in [1.82, 2.24) is 0 Å². The third kappa shape index (κ3) is 8.01. The van der Waals surface area contributed by atoms with E-state index in [9.17, 15) is 8.76 Å². The highest BCUT2D eigenvalue weighted by atomic mass is 32.2. The van der Waals surface area contributed by atoms with E-state index in [2.05, 4.69) is 6.92 Å². The lowest BCUT2D eigenvalue weighted by atomic mass is 10.1. The van der Waals surface area contributed by atoms with E-state index >= 15 is 0 Å². The minimum absolute atomic E-state index is 0.323. The van der Waals surface area contributed by atoms with Gasteiger partial charge in [0, 0.05) is 5.75 Å². The van der Waals surface area contributed by atoms with Crippen molar-refractivity contribution in [3.05, 3.63) is 0 Å². The maximum Gasteiger partial charge on any atom is 0.0127 e. The molecule has 0 aromatic carbocycles. The molecule has 0 amide bonds. The van der Waals surface area contributed by atoms with Gasteiger partial charge in [0.05, 0.1) is 0 Å². The molecular weight excluding hydrogens is 160 g/mol. The molecule has 0 bridgehead atoms. The summed E-state index contributed by atoms with van der Waals surface area (Å²) in [6, 6.07) is 0. The van der Waals surface area contributed by atoms with Crippen LogP contribution in [-0.4, -0.2) is 14.5 Å². The van der Waals surface area contributed by atoms with Crippen molar-refractivity contribution in [1.29, 1.82) is 0 Å². The van der Waals surface area contributed by atoms with Gasteiger partial charge in [-0.1, -0.05) is 44.2 Å². The molecule has 0 radical (unpaired) electrons. The lowest BCUT2D eigenvalue weighted by Gasteiger charge is -2.12. The predicted molar refractivity (Wildman–Crippen MR) is 47.1 cm³/mol. The summed E-state index contributed by atoms with van der Waals surface area (Å²) in [7, 11) is 0. The Balaban J connectivity index is 3.22. The summed E-state index contributed by atoms with van der Waals surface area (Å²) in [5, 5.41) is 0. The Morgan fingerprint density at radius 3 is 2.55 bits per heavy atom. The molecule has 0 aromatic rings. The summed E-state index contributed by atoms with van der Waals surface area (Å²) in [5.41, 5.74) is 0. The Morgan fingerprint density at radius 1 is 1.45 bits per heavy atom.